The van der Waals surface area contributed by atoms with Crippen molar-refractivity contribution in [3.8, 4) is 17.5 Å². The molecular weight excluding hydrogens is 306 g/mol. The quantitative estimate of drug-likeness (QED) is 0.536. The smallest absolute Gasteiger partial charge is 0.141 e. The van der Waals surface area contributed by atoms with Gasteiger partial charge in [0.05, 0.1) is 22.7 Å². The lowest BCUT2D eigenvalue weighted by atomic mass is 10.1. The van der Waals surface area contributed by atoms with Gasteiger partial charge in [0.25, 0.3) is 0 Å². The fourth-order valence-electron chi connectivity index (χ4n) is 3.08. The third-order valence-electron chi connectivity index (χ3n) is 4.36. The normalized spacial score (nSPS) is 10.7. The maximum atomic E-state index is 9.15. The minimum absolute atomic E-state index is 0.679. The third-order valence-corrected chi connectivity index (χ3v) is 4.36. The van der Waals surface area contributed by atoms with Crippen LogP contribution in [0.4, 0.5) is 0 Å². The summed E-state index contributed by atoms with van der Waals surface area (Å²) < 4.78 is 2.22. The molecule has 0 amide bonds. The molecule has 25 heavy (non-hydrogen) atoms. The van der Waals surface area contributed by atoms with E-state index in [2.05, 4.69) is 54.0 Å². The van der Waals surface area contributed by atoms with Crippen LogP contribution in [0.2, 0.25) is 0 Å². The van der Waals surface area contributed by atoms with E-state index in [0.29, 0.717) is 12.1 Å². The highest BCUT2D eigenvalue weighted by Crippen LogP contribution is 2.26. The van der Waals surface area contributed by atoms with Gasteiger partial charge in [-0.2, -0.15) is 5.26 Å². The first kappa shape index (κ1) is 15.2. The fourth-order valence-corrected chi connectivity index (χ4v) is 3.08. The van der Waals surface area contributed by atoms with Crippen molar-refractivity contribution in [1.29, 1.82) is 5.26 Å². The number of aromatic nitrogens is 2. The Labute approximate surface area is 146 Å². The van der Waals surface area contributed by atoms with Crippen molar-refractivity contribution in [2.45, 2.75) is 13.5 Å². The van der Waals surface area contributed by atoms with Gasteiger partial charge in [-0.1, -0.05) is 54.1 Å². The summed E-state index contributed by atoms with van der Waals surface area (Å²) in [6.45, 7) is 2.76. The van der Waals surface area contributed by atoms with Crippen molar-refractivity contribution >= 4 is 11.0 Å². The van der Waals surface area contributed by atoms with Gasteiger partial charge in [0.15, 0.2) is 0 Å². The number of imidazole rings is 1. The minimum Gasteiger partial charge on any atom is -0.319 e. The Hall–Kier alpha value is -3.38. The highest BCUT2D eigenvalue weighted by atomic mass is 15.1. The molecule has 1 heterocycles. The summed E-state index contributed by atoms with van der Waals surface area (Å²) in [5, 5.41) is 9.15. The van der Waals surface area contributed by atoms with Gasteiger partial charge in [-0.15, -0.1) is 0 Å². The molecular formula is C22H17N3. The molecule has 0 fully saturated rings. The molecule has 0 spiro atoms. The molecule has 4 aromatic rings. The average Bonchev–Trinajstić information content (AvgIpc) is 3.01. The van der Waals surface area contributed by atoms with Crippen LogP contribution in [0, 0.1) is 18.3 Å². The van der Waals surface area contributed by atoms with E-state index in [1.165, 1.54) is 5.56 Å². The summed E-state index contributed by atoms with van der Waals surface area (Å²) in [5.74, 6) is 0.948. The van der Waals surface area contributed by atoms with Gasteiger partial charge >= 0.3 is 0 Å². The van der Waals surface area contributed by atoms with E-state index < -0.39 is 0 Å². The summed E-state index contributed by atoms with van der Waals surface area (Å²) in [6, 6.07) is 26.6. The highest BCUT2D eigenvalue weighted by Gasteiger charge is 2.12. The van der Waals surface area contributed by atoms with Crippen molar-refractivity contribution in [3.63, 3.8) is 0 Å². The average molecular weight is 323 g/mol. The zero-order valence-electron chi connectivity index (χ0n) is 14.0. The lowest BCUT2D eigenvalue weighted by Crippen LogP contribution is -2.02. The molecule has 0 bridgehead atoms. The zero-order chi connectivity index (χ0) is 17.2. The van der Waals surface area contributed by atoms with E-state index in [1.807, 2.05) is 36.4 Å². The van der Waals surface area contributed by atoms with Gasteiger partial charge in [0.2, 0.25) is 0 Å². The topological polar surface area (TPSA) is 41.6 Å². The van der Waals surface area contributed by atoms with Gasteiger partial charge in [-0.25, -0.2) is 4.98 Å². The van der Waals surface area contributed by atoms with Crippen LogP contribution in [-0.2, 0) is 6.54 Å². The number of aryl methyl sites for hydroxylation is 1. The van der Waals surface area contributed by atoms with Gasteiger partial charge < -0.3 is 4.57 Å². The van der Waals surface area contributed by atoms with E-state index in [1.54, 1.807) is 0 Å². The highest BCUT2D eigenvalue weighted by molar-refractivity contribution is 5.80. The van der Waals surface area contributed by atoms with Crippen molar-refractivity contribution < 1.29 is 0 Å². The first-order valence-corrected chi connectivity index (χ1v) is 8.26. The number of fused-ring (bicyclic) bond motifs is 1. The van der Waals surface area contributed by atoms with Crippen LogP contribution in [0.15, 0.2) is 72.8 Å². The number of nitriles is 1. The Morgan fingerprint density at radius 3 is 2.56 bits per heavy atom. The second-order valence-electron chi connectivity index (χ2n) is 6.19. The van der Waals surface area contributed by atoms with Gasteiger partial charge in [-0.05, 0) is 36.8 Å². The minimum atomic E-state index is 0.679. The fraction of sp³-hybridized carbons (Fsp3) is 0.0909. The van der Waals surface area contributed by atoms with Crippen LogP contribution < -0.4 is 0 Å². The van der Waals surface area contributed by atoms with Crippen LogP contribution in [0.3, 0.4) is 0 Å². The molecule has 0 aliphatic rings. The lowest BCUT2D eigenvalue weighted by Gasteiger charge is -2.10. The first-order valence-electron chi connectivity index (χ1n) is 8.26. The van der Waals surface area contributed by atoms with Crippen molar-refractivity contribution in [2.75, 3.05) is 0 Å². The Bertz CT molecular complexity index is 1080. The maximum absolute atomic E-state index is 9.15. The largest absolute Gasteiger partial charge is 0.319 e. The number of nitrogens with zero attached hydrogens (tertiary/aromatic N) is 3. The number of rotatable bonds is 3. The summed E-state index contributed by atoms with van der Waals surface area (Å²) >= 11 is 0. The van der Waals surface area contributed by atoms with Crippen molar-refractivity contribution in [1.82, 2.24) is 9.55 Å². The van der Waals surface area contributed by atoms with Gasteiger partial charge in [-0.3, -0.25) is 0 Å². The van der Waals surface area contributed by atoms with Crippen LogP contribution in [0.1, 0.15) is 16.7 Å². The van der Waals surface area contributed by atoms with E-state index >= 15 is 0 Å². The molecule has 3 heteroatoms. The zero-order valence-corrected chi connectivity index (χ0v) is 14.0. The molecule has 0 aliphatic heterocycles. The molecule has 4 rings (SSSR count). The van der Waals surface area contributed by atoms with E-state index in [9.17, 15) is 0 Å². The number of para-hydroxylation sites is 2. The maximum Gasteiger partial charge on any atom is 0.141 e. The standard InChI is InChI=1S/C22H17N3/c1-16-9-11-19(12-10-16)22-24-20-7-2-3-8-21(20)25(22)15-18-6-4-5-17(13-18)14-23/h2-13H,15H2,1H3. The van der Waals surface area contributed by atoms with Crippen LogP contribution >= 0.6 is 0 Å². The Balaban J connectivity index is 1.87. The Morgan fingerprint density at radius 1 is 0.960 bits per heavy atom. The first-order chi connectivity index (χ1) is 12.2. The predicted molar refractivity (Wildman–Crippen MR) is 100 cm³/mol. The molecule has 0 aliphatic carbocycles. The van der Waals surface area contributed by atoms with Crippen molar-refractivity contribution in [2.24, 2.45) is 0 Å². The van der Waals surface area contributed by atoms with E-state index in [4.69, 9.17) is 10.2 Å². The molecule has 120 valence electrons. The van der Waals surface area contributed by atoms with Crippen LogP contribution in [-0.4, -0.2) is 9.55 Å². The van der Waals surface area contributed by atoms with Gasteiger partial charge in [0.1, 0.15) is 5.82 Å². The van der Waals surface area contributed by atoms with Crippen LogP contribution in [0.25, 0.3) is 22.4 Å². The number of hydrogen-bond donors (Lipinski definition) is 0. The Morgan fingerprint density at radius 2 is 1.76 bits per heavy atom. The predicted octanol–water partition coefficient (Wildman–Crippen LogP) is 4.93. The molecule has 0 unspecified atom stereocenters. The van der Waals surface area contributed by atoms with Gasteiger partial charge in [0, 0.05) is 12.1 Å². The molecule has 0 saturated carbocycles. The summed E-state index contributed by atoms with van der Waals surface area (Å²) in [7, 11) is 0. The van der Waals surface area contributed by atoms with Crippen molar-refractivity contribution in [3.05, 3.63) is 89.5 Å². The molecule has 0 N–H and O–H groups in total. The lowest BCUT2D eigenvalue weighted by molar-refractivity contribution is 0.834. The molecule has 0 saturated heterocycles. The SMILES string of the molecule is Cc1ccc(-c2nc3ccccc3n2Cc2cccc(C#N)c2)cc1. The second-order valence-corrected chi connectivity index (χ2v) is 6.19. The number of benzene rings is 3. The Kier molecular flexibility index (Phi) is 3.80. The molecule has 1 aromatic heterocycles. The second kappa shape index (κ2) is 6.26. The molecule has 3 nitrogen and oxygen atoms in total. The molecule has 3 aromatic carbocycles. The molecule has 0 atom stereocenters. The van der Waals surface area contributed by atoms with Crippen LogP contribution in [0.5, 0.6) is 0 Å². The molecule has 0 radical (unpaired) electrons. The summed E-state index contributed by atoms with van der Waals surface area (Å²) in [4.78, 5) is 4.85. The summed E-state index contributed by atoms with van der Waals surface area (Å²) in [5.41, 5.74) is 6.18. The van der Waals surface area contributed by atoms with E-state index in [0.717, 1.165) is 28.0 Å². The summed E-state index contributed by atoms with van der Waals surface area (Å²) in [6.07, 6.45) is 0. The van der Waals surface area contributed by atoms with E-state index in [-0.39, 0.29) is 0 Å². The monoisotopic (exact) mass is 323 g/mol. The third kappa shape index (κ3) is 2.90. The number of hydrogen-bond acceptors (Lipinski definition) is 2.